The molecule has 116 valence electrons. The molecule has 0 fully saturated rings. The molecule has 0 atom stereocenters. The zero-order valence-corrected chi connectivity index (χ0v) is 13.9. The van der Waals surface area contributed by atoms with Crippen LogP contribution in [-0.2, 0) is 4.79 Å². The molecule has 1 rings (SSSR count). The number of aliphatic hydroxyl groups excluding tert-OH is 1. The van der Waals surface area contributed by atoms with E-state index in [4.69, 9.17) is 28.3 Å². The lowest BCUT2D eigenvalue weighted by atomic mass is 10.1. The molecule has 0 aliphatic carbocycles. The van der Waals surface area contributed by atoms with Crippen molar-refractivity contribution in [2.24, 2.45) is 0 Å². The topological polar surface area (TPSA) is 40.5 Å². The number of carbonyl (C=O) groups is 1. The first kappa shape index (κ1) is 18.0. The highest BCUT2D eigenvalue weighted by Crippen LogP contribution is 2.26. The highest BCUT2D eigenvalue weighted by atomic mass is 35.5. The number of hydrogen-bond donors (Lipinski definition) is 1. The van der Waals surface area contributed by atoms with Gasteiger partial charge in [-0.05, 0) is 30.5 Å². The zero-order valence-electron chi connectivity index (χ0n) is 12.4. The first-order valence-electron chi connectivity index (χ1n) is 7.08. The Morgan fingerprint density at radius 3 is 2.57 bits per heavy atom. The van der Waals surface area contributed by atoms with E-state index in [9.17, 15) is 4.79 Å². The van der Waals surface area contributed by atoms with Crippen molar-refractivity contribution in [2.45, 2.75) is 32.7 Å². The molecular formula is C16H21Cl2NO2. The summed E-state index contributed by atoms with van der Waals surface area (Å²) in [5.41, 5.74) is 0.700. The maximum absolute atomic E-state index is 12.3. The number of aliphatic hydroxyl groups is 1. The molecule has 1 amide bonds. The molecule has 21 heavy (non-hydrogen) atoms. The molecule has 0 aliphatic rings. The molecule has 0 aliphatic heterocycles. The van der Waals surface area contributed by atoms with Gasteiger partial charge in [0.1, 0.15) is 0 Å². The predicted molar refractivity (Wildman–Crippen MR) is 88.7 cm³/mol. The summed E-state index contributed by atoms with van der Waals surface area (Å²) in [6.45, 7) is 4.35. The Balaban J connectivity index is 2.90. The molecule has 5 heteroatoms. The van der Waals surface area contributed by atoms with Crippen LogP contribution in [0.2, 0.25) is 10.0 Å². The van der Waals surface area contributed by atoms with Crippen molar-refractivity contribution >= 4 is 35.2 Å². The third-order valence-corrected chi connectivity index (χ3v) is 4.23. The summed E-state index contributed by atoms with van der Waals surface area (Å²) in [4.78, 5) is 14.0. The number of amides is 1. The van der Waals surface area contributed by atoms with Gasteiger partial charge in [0, 0.05) is 18.7 Å². The minimum atomic E-state index is -0.131. The monoisotopic (exact) mass is 329 g/mol. The summed E-state index contributed by atoms with van der Waals surface area (Å²) in [6.07, 6.45) is 4.84. The van der Waals surface area contributed by atoms with Crippen LogP contribution in [0.3, 0.4) is 0 Å². The van der Waals surface area contributed by atoms with Crippen molar-refractivity contribution in [3.63, 3.8) is 0 Å². The van der Waals surface area contributed by atoms with Crippen LogP contribution < -0.4 is 0 Å². The van der Waals surface area contributed by atoms with Crippen molar-refractivity contribution in [3.05, 3.63) is 39.9 Å². The highest BCUT2D eigenvalue weighted by molar-refractivity contribution is 6.42. The van der Waals surface area contributed by atoms with E-state index in [1.54, 1.807) is 29.2 Å². The van der Waals surface area contributed by atoms with E-state index in [1.807, 2.05) is 13.8 Å². The third-order valence-electron chi connectivity index (χ3n) is 3.39. The van der Waals surface area contributed by atoms with Crippen molar-refractivity contribution in [1.29, 1.82) is 0 Å². The first-order valence-corrected chi connectivity index (χ1v) is 7.84. The second-order valence-corrected chi connectivity index (χ2v) is 5.49. The van der Waals surface area contributed by atoms with E-state index in [1.165, 1.54) is 6.08 Å². The fourth-order valence-electron chi connectivity index (χ4n) is 2.22. The van der Waals surface area contributed by atoms with E-state index in [2.05, 4.69) is 0 Å². The largest absolute Gasteiger partial charge is 0.395 e. The fourth-order valence-corrected chi connectivity index (χ4v) is 2.59. The number of nitrogens with zero attached hydrogens (tertiary/aromatic N) is 1. The summed E-state index contributed by atoms with van der Waals surface area (Å²) in [5.74, 6) is -0.131. The molecule has 0 radical (unpaired) electrons. The molecule has 1 N–H and O–H groups in total. The average Bonchev–Trinajstić information content (AvgIpc) is 2.48. The fraction of sp³-hybridized carbons (Fsp3) is 0.438. The number of rotatable bonds is 7. The molecule has 1 aromatic carbocycles. The molecule has 0 unspecified atom stereocenters. The van der Waals surface area contributed by atoms with Gasteiger partial charge in [-0.1, -0.05) is 49.2 Å². The minimum Gasteiger partial charge on any atom is -0.395 e. The van der Waals surface area contributed by atoms with Crippen LogP contribution in [0.5, 0.6) is 0 Å². The average molecular weight is 330 g/mol. The van der Waals surface area contributed by atoms with Gasteiger partial charge in [0.2, 0.25) is 5.91 Å². The Labute approximate surface area is 136 Å². The van der Waals surface area contributed by atoms with Crippen LogP contribution in [0, 0.1) is 0 Å². The molecule has 0 heterocycles. The minimum absolute atomic E-state index is 0.0476. The molecular weight excluding hydrogens is 309 g/mol. The lowest BCUT2D eigenvalue weighted by Crippen LogP contribution is -2.40. The standard InChI is InChI=1S/C16H21Cl2NO2/c1-3-13(4-2)19(10-11-20)15(21)9-8-12-6-5-7-14(17)16(12)18/h5-9,13,20H,3-4,10-11H2,1-2H3. The van der Waals surface area contributed by atoms with Crippen LogP contribution in [-0.4, -0.2) is 35.1 Å². The third kappa shape index (κ3) is 5.03. The molecule has 0 spiro atoms. The Morgan fingerprint density at radius 1 is 1.33 bits per heavy atom. The van der Waals surface area contributed by atoms with Crippen LogP contribution in [0.15, 0.2) is 24.3 Å². The Morgan fingerprint density at radius 2 is 2.00 bits per heavy atom. The molecule has 0 aromatic heterocycles. The van der Waals surface area contributed by atoms with Crippen molar-refractivity contribution in [1.82, 2.24) is 4.90 Å². The SMILES string of the molecule is CCC(CC)N(CCO)C(=O)C=Cc1cccc(Cl)c1Cl. The van der Waals surface area contributed by atoms with Gasteiger partial charge in [-0.15, -0.1) is 0 Å². The highest BCUT2D eigenvalue weighted by Gasteiger charge is 2.18. The normalized spacial score (nSPS) is 11.3. The van der Waals surface area contributed by atoms with Gasteiger partial charge in [-0.2, -0.15) is 0 Å². The second kappa shape index (κ2) is 9.08. The molecule has 3 nitrogen and oxygen atoms in total. The Bertz CT molecular complexity index is 499. The van der Waals surface area contributed by atoms with Gasteiger partial charge in [-0.3, -0.25) is 4.79 Å². The number of halogens is 2. The van der Waals surface area contributed by atoms with E-state index in [-0.39, 0.29) is 18.6 Å². The quantitative estimate of drug-likeness (QED) is 0.767. The number of carbonyl (C=O) groups excluding carboxylic acids is 1. The lowest BCUT2D eigenvalue weighted by Gasteiger charge is -2.29. The van der Waals surface area contributed by atoms with Gasteiger partial charge < -0.3 is 10.0 Å². The lowest BCUT2D eigenvalue weighted by molar-refractivity contribution is -0.128. The van der Waals surface area contributed by atoms with E-state index in [0.29, 0.717) is 22.2 Å². The van der Waals surface area contributed by atoms with E-state index >= 15 is 0 Å². The predicted octanol–water partition coefficient (Wildman–Crippen LogP) is 4.02. The van der Waals surface area contributed by atoms with Crippen LogP contribution >= 0.6 is 23.2 Å². The van der Waals surface area contributed by atoms with Crippen molar-refractivity contribution in [3.8, 4) is 0 Å². The second-order valence-electron chi connectivity index (χ2n) is 4.70. The van der Waals surface area contributed by atoms with Crippen LogP contribution in [0.4, 0.5) is 0 Å². The number of hydrogen-bond acceptors (Lipinski definition) is 2. The summed E-state index contributed by atoms with van der Waals surface area (Å²) >= 11 is 12.0. The van der Waals surface area contributed by atoms with E-state index < -0.39 is 0 Å². The van der Waals surface area contributed by atoms with Gasteiger partial charge >= 0.3 is 0 Å². The number of benzene rings is 1. The summed E-state index contributed by atoms with van der Waals surface area (Å²) in [6, 6.07) is 5.41. The van der Waals surface area contributed by atoms with E-state index in [0.717, 1.165) is 12.8 Å². The smallest absolute Gasteiger partial charge is 0.246 e. The summed E-state index contributed by atoms with van der Waals surface area (Å²) < 4.78 is 0. The van der Waals surface area contributed by atoms with Gasteiger partial charge in [-0.25, -0.2) is 0 Å². The first-order chi connectivity index (χ1) is 10.0. The van der Waals surface area contributed by atoms with Crippen molar-refractivity contribution < 1.29 is 9.90 Å². The maximum Gasteiger partial charge on any atom is 0.246 e. The maximum atomic E-state index is 12.3. The van der Waals surface area contributed by atoms with Crippen LogP contribution in [0.1, 0.15) is 32.3 Å². The summed E-state index contributed by atoms with van der Waals surface area (Å²) in [5, 5.41) is 10.0. The summed E-state index contributed by atoms with van der Waals surface area (Å²) in [7, 11) is 0. The van der Waals surface area contributed by atoms with Gasteiger partial charge in [0.05, 0.1) is 16.7 Å². The molecule has 0 saturated heterocycles. The molecule has 1 aromatic rings. The van der Waals surface area contributed by atoms with Crippen molar-refractivity contribution in [2.75, 3.05) is 13.2 Å². The van der Waals surface area contributed by atoms with Gasteiger partial charge in [0.25, 0.3) is 0 Å². The van der Waals surface area contributed by atoms with Gasteiger partial charge in [0.15, 0.2) is 0 Å². The zero-order chi connectivity index (χ0) is 15.8. The molecule has 0 saturated carbocycles. The van der Waals surface area contributed by atoms with Crippen LogP contribution in [0.25, 0.3) is 6.08 Å². The Kier molecular flexibility index (Phi) is 7.79. The Hall–Kier alpha value is -1.03. The molecule has 0 bridgehead atoms.